The van der Waals surface area contributed by atoms with Crippen molar-refractivity contribution in [2.24, 2.45) is 0 Å². The molecule has 2 aromatic rings. The summed E-state index contributed by atoms with van der Waals surface area (Å²) in [6, 6.07) is 14.1. The molecule has 0 radical (unpaired) electrons. The third-order valence-electron chi connectivity index (χ3n) is 3.08. The van der Waals surface area contributed by atoms with E-state index >= 15 is 0 Å². The molecule has 0 aliphatic rings. The second-order valence-corrected chi connectivity index (χ2v) is 6.48. The number of anilines is 1. The lowest BCUT2D eigenvalue weighted by molar-refractivity contribution is -0.145. The lowest BCUT2D eigenvalue weighted by atomic mass is 10.2. The second kappa shape index (κ2) is 7.15. The molecule has 0 aliphatic carbocycles. The number of carbonyl (C=O) groups is 1. The molecule has 23 heavy (non-hydrogen) atoms. The highest BCUT2D eigenvalue weighted by atomic mass is 32.2. The van der Waals surface area contributed by atoms with Crippen LogP contribution in [0.3, 0.4) is 0 Å². The van der Waals surface area contributed by atoms with Crippen molar-refractivity contribution in [3.05, 3.63) is 54.6 Å². The van der Waals surface area contributed by atoms with Gasteiger partial charge in [-0.05, 0) is 42.8 Å². The standard InChI is InChI=1S/C16H17NO5S/c1-2-15(16(18)19)22-13-10-8-12(9-11-13)17-23(20,21)14-6-4-3-5-7-14/h3-11,15,17H,2H2,1H3,(H,18,19). The molecule has 6 nitrogen and oxygen atoms in total. The summed E-state index contributed by atoms with van der Waals surface area (Å²) < 4.78 is 32.1. The molecule has 2 N–H and O–H groups in total. The molecule has 2 aromatic carbocycles. The number of carboxylic acid groups (broad SMARTS) is 1. The fourth-order valence-electron chi connectivity index (χ4n) is 1.89. The van der Waals surface area contributed by atoms with E-state index in [4.69, 9.17) is 9.84 Å². The van der Waals surface area contributed by atoms with E-state index in [1.807, 2.05) is 0 Å². The van der Waals surface area contributed by atoms with Crippen LogP contribution in [-0.4, -0.2) is 25.6 Å². The van der Waals surface area contributed by atoms with Gasteiger partial charge in [-0.25, -0.2) is 13.2 Å². The first-order valence-electron chi connectivity index (χ1n) is 7.00. The number of rotatable bonds is 7. The fraction of sp³-hybridized carbons (Fsp3) is 0.188. The minimum atomic E-state index is -3.65. The van der Waals surface area contributed by atoms with Gasteiger partial charge in [0.1, 0.15) is 5.75 Å². The molecule has 0 amide bonds. The molecule has 0 fully saturated rings. The summed E-state index contributed by atoms with van der Waals surface area (Å²) in [5, 5.41) is 8.95. The predicted molar refractivity (Wildman–Crippen MR) is 86.0 cm³/mol. The molecule has 0 saturated heterocycles. The van der Waals surface area contributed by atoms with Crippen LogP contribution in [0.2, 0.25) is 0 Å². The van der Waals surface area contributed by atoms with E-state index in [1.165, 1.54) is 36.4 Å². The Morgan fingerprint density at radius 3 is 2.26 bits per heavy atom. The summed E-state index contributed by atoms with van der Waals surface area (Å²) in [7, 11) is -3.65. The molecular formula is C16H17NO5S. The summed E-state index contributed by atoms with van der Waals surface area (Å²) in [4.78, 5) is 11.1. The molecule has 0 heterocycles. The average Bonchev–Trinajstić information content (AvgIpc) is 2.54. The van der Waals surface area contributed by atoms with Gasteiger partial charge in [0.2, 0.25) is 0 Å². The number of benzene rings is 2. The zero-order valence-corrected chi connectivity index (χ0v) is 13.3. The summed E-state index contributed by atoms with van der Waals surface area (Å²) >= 11 is 0. The Morgan fingerprint density at radius 1 is 1.13 bits per heavy atom. The van der Waals surface area contributed by atoms with E-state index < -0.39 is 22.1 Å². The number of hydrogen-bond donors (Lipinski definition) is 2. The number of aliphatic carboxylic acids is 1. The Kier molecular flexibility index (Phi) is 5.23. The first-order chi connectivity index (χ1) is 10.9. The largest absolute Gasteiger partial charge is 0.479 e. The Labute approximate surface area is 134 Å². The van der Waals surface area contributed by atoms with Gasteiger partial charge in [-0.3, -0.25) is 4.72 Å². The smallest absolute Gasteiger partial charge is 0.344 e. The van der Waals surface area contributed by atoms with Crippen molar-refractivity contribution in [1.29, 1.82) is 0 Å². The van der Waals surface area contributed by atoms with E-state index in [1.54, 1.807) is 25.1 Å². The summed E-state index contributed by atoms with van der Waals surface area (Å²) in [6.07, 6.45) is -0.598. The highest BCUT2D eigenvalue weighted by molar-refractivity contribution is 7.92. The van der Waals surface area contributed by atoms with E-state index in [9.17, 15) is 13.2 Å². The van der Waals surface area contributed by atoms with Crippen LogP contribution in [0.1, 0.15) is 13.3 Å². The number of nitrogens with one attached hydrogen (secondary N) is 1. The first kappa shape index (κ1) is 16.8. The molecule has 0 aromatic heterocycles. The maximum Gasteiger partial charge on any atom is 0.344 e. The molecule has 0 aliphatic heterocycles. The number of sulfonamides is 1. The Balaban J connectivity index is 2.10. The third-order valence-corrected chi connectivity index (χ3v) is 4.48. The van der Waals surface area contributed by atoms with Gasteiger partial charge < -0.3 is 9.84 Å². The first-order valence-corrected chi connectivity index (χ1v) is 8.48. The van der Waals surface area contributed by atoms with Gasteiger partial charge in [0.05, 0.1) is 4.90 Å². The molecule has 1 atom stereocenters. The Bertz CT molecular complexity index is 757. The molecular weight excluding hydrogens is 318 g/mol. The van der Waals surface area contributed by atoms with E-state index in [-0.39, 0.29) is 4.90 Å². The molecule has 2 rings (SSSR count). The number of ether oxygens (including phenoxy) is 1. The van der Waals surface area contributed by atoms with Gasteiger partial charge in [0.15, 0.2) is 6.10 Å². The van der Waals surface area contributed by atoms with Crippen LogP contribution in [0, 0.1) is 0 Å². The Hall–Kier alpha value is -2.54. The molecule has 1 unspecified atom stereocenters. The Morgan fingerprint density at radius 2 is 1.74 bits per heavy atom. The lowest BCUT2D eigenvalue weighted by Gasteiger charge is -2.14. The molecule has 0 bridgehead atoms. The summed E-state index contributed by atoms with van der Waals surface area (Å²) in [5.74, 6) is -0.678. The molecule has 122 valence electrons. The van der Waals surface area contributed by atoms with Crippen molar-refractivity contribution < 1.29 is 23.1 Å². The van der Waals surface area contributed by atoms with E-state index in [0.29, 0.717) is 17.9 Å². The fourth-order valence-corrected chi connectivity index (χ4v) is 2.97. The van der Waals surface area contributed by atoms with Crippen LogP contribution in [-0.2, 0) is 14.8 Å². The van der Waals surface area contributed by atoms with Crippen LogP contribution >= 0.6 is 0 Å². The van der Waals surface area contributed by atoms with Crippen molar-refractivity contribution in [2.75, 3.05) is 4.72 Å². The van der Waals surface area contributed by atoms with Crippen molar-refractivity contribution in [2.45, 2.75) is 24.3 Å². The highest BCUT2D eigenvalue weighted by Crippen LogP contribution is 2.20. The monoisotopic (exact) mass is 335 g/mol. The SMILES string of the molecule is CCC(Oc1ccc(NS(=O)(=O)c2ccccc2)cc1)C(=O)O. The van der Waals surface area contributed by atoms with Crippen molar-refractivity contribution in [3.8, 4) is 5.75 Å². The van der Waals surface area contributed by atoms with Crippen LogP contribution in [0.25, 0.3) is 0 Å². The van der Waals surface area contributed by atoms with Gasteiger partial charge in [-0.1, -0.05) is 25.1 Å². The average molecular weight is 335 g/mol. The topological polar surface area (TPSA) is 92.7 Å². The van der Waals surface area contributed by atoms with Gasteiger partial charge in [-0.2, -0.15) is 0 Å². The van der Waals surface area contributed by atoms with Gasteiger partial charge in [-0.15, -0.1) is 0 Å². The van der Waals surface area contributed by atoms with Gasteiger partial charge in [0.25, 0.3) is 10.0 Å². The van der Waals surface area contributed by atoms with Crippen molar-refractivity contribution in [1.82, 2.24) is 0 Å². The van der Waals surface area contributed by atoms with Crippen molar-refractivity contribution >= 4 is 21.7 Å². The van der Waals surface area contributed by atoms with Crippen LogP contribution in [0.15, 0.2) is 59.5 Å². The van der Waals surface area contributed by atoms with E-state index in [2.05, 4.69) is 4.72 Å². The third kappa shape index (κ3) is 4.46. The zero-order valence-electron chi connectivity index (χ0n) is 12.5. The minimum Gasteiger partial charge on any atom is -0.479 e. The van der Waals surface area contributed by atoms with Crippen LogP contribution in [0.4, 0.5) is 5.69 Å². The van der Waals surface area contributed by atoms with Crippen LogP contribution < -0.4 is 9.46 Å². The summed E-state index contributed by atoms with van der Waals surface area (Å²) in [6.45, 7) is 1.71. The quantitative estimate of drug-likeness (QED) is 0.811. The van der Waals surface area contributed by atoms with Gasteiger partial charge >= 0.3 is 5.97 Å². The predicted octanol–water partition coefficient (Wildman–Crippen LogP) is 2.73. The maximum absolute atomic E-state index is 12.2. The maximum atomic E-state index is 12.2. The van der Waals surface area contributed by atoms with Gasteiger partial charge in [0, 0.05) is 5.69 Å². The zero-order chi connectivity index (χ0) is 16.9. The second-order valence-electron chi connectivity index (χ2n) is 4.80. The lowest BCUT2D eigenvalue weighted by Crippen LogP contribution is -2.25. The normalized spacial score (nSPS) is 12.4. The van der Waals surface area contributed by atoms with Crippen molar-refractivity contribution in [3.63, 3.8) is 0 Å². The summed E-state index contributed by atoms with van der Waals surface area (Å²) in [5.41, 5.74) is 0.365. The minimum absolute atomic E-state index is 0.164. The molecule has 0 spiro atoms. The molecule has 0 saturated carbocycles. The van der Waals surface area contributed by atoms with Crippen LogP contribution in [0.5, 0.6) is 5.75 Å². The van der Waals surface area contributed by atoms with E-state index in [0.717, 1.165) is 0 Å². The number of hydrogen-bond acceptors (Lipinski definition) is 4. The molecule has 7 heteroatoms. The number of carboxylic acids is 1. The highest BCUT2D eigenvalue weighted by Gasteiger charge is 2.17.